The minimum Gasteiger partial charge on any atom is -0.872 e. The van der Waals surface area contributed by atoms with Crippen molar-refractivity contribution < 1.29 is 5.11 Å². The van der Waals surface area contributed by atoms with Gasteiger partial charge in [-0.3, -0.25) is 0 Å². The lowest BCUT2D eigenvalue weighted by molar-refractivity contribution is -0.268. The zero-order valence-electron chi connectivity index (χ0n) is 7.12. The van der Waals surface area contributed by atoms with Crippen molar-refractivity contribution >= 4 is 22.2 Å². The molecular formula is C9H6N3OS-. The lowest BCUT2D eigenvalue weighted by Gasteiger charge is -2.01. The molecule has 5 heteroatoms. The Kier molecular flexibility index (Phi) is 2.51. The molecule has 2 aromatic rings. The van der Waals surface area contributed by atoms with E-state index in [0.717, 1.165) is 0 Å². The molecule has 0 unspecified atom stereocenters. The highest BCUT2D eigenvalue weighted by Gasteiger charge is 1.90. The average molecular weight is 204 g/mol. The van der Waals surface area contributed by atoms with Gasteiger partial charge in [-0.15, -0.1) is 27.3 Å². The average Bonchev–Trinajstić information content (AvgIpc) is 2.70. The summed E-state index contributed by atoms with van der Waals surface area (Å²) in [6.45, 7) is 0. The molecule has 0 N–H and O–H groups in total. The molecule has 2 rings (SSSR count). The molecule has 1 heterocycles. The SMILES string of the molecule is [O-]c1ccc(N=Nc2nccs2)cc1. The number of aromatic nitrogens is 1. The second-order valence-electron chi connectivity index (χ2n) is 2.51. The van der Waals surface area contributed by atoms with Gasteiger partial charge >= 0.3 is 0 Å². The fourth-order valence-corrected chi connectivity index (χ4v) is 1.33. The molecule has 0 bridgehead atoms. The molecule has 14 heavy (non-hydrogen) atoms. The van der Waals surface area contributed by atoms with Gasteiger partial charge in [-0.2, -0.15) is 0 Å². The first-order valence-corrected chi connectivity index (χ1v) is 4.81. The first-order valence-electron chi connectivity index (χ1n) is 3.93. The summed E-state index contributed by atoms with van der Waals surface area (Å²) in [5, 5.41) is 21.0. The summed E-state index contributed by atoms with van der Waals surface area (Å²) in [7, 11) is 0. The number of azo groups is 1. The Morgan fingerprint density at radius 2 is 1.93 bits per heavy atom. The fraction of sp³-hybridized carbons (Fsp3) is 0. The summed E-state index contributed by atoms with van der Waals surface area (Å²) in [5.74, 6) is -0.0294. The monoisotopic (exact) mass is 204 g/mol. The number of nitrogens with zero attached hydrogens (tertiary/aromatic N) is 3. The Hall–Kier alpha value is -1.75. The normalized spacial score (nSPS) is 10.9. The van der Waals surface area contributed by atoms with Crippen LogP contribution in [0.5, 0.6) is 5.75 Å². The molecule has 0 atom stereocenters. The standard InChI is InChI=1S/C9H7N3OS/c13-8-3-1-7(2-4-8)11-12-9-10-5-6-14-9/h1-6,13H/p-1. The molecule has 0 aliphatic rings. The van der Waals surface area contributed by atoms with E-state index in [1.807, 2.05) is 5.38 Å². The molecule has 0 aliphatic heterocycles. The molecule has 0 amide bonds. The van der Waals surface area contributed by atoms with E-state index in [1.165, 1.54) is 23.5 Å². The molecule has 1 aromatic carbocycles. The van der Waals surface area contributed by atoms with Crippen molar-refractivity contribution in [1.29, 1.82) is 0 Å². The minimum atomic E-state index is -0.0294. The van der Waals surface area contributed by atoms with Crippen LogP contribution in [-0.2, 0) is 0 Å². The second-order valence-corrected chi connectivity index (χ2v) is 3.38. The van der Waals surface area contributed by atoms with E-state index < -0.39 is 0 Å². The van der Waals surface area contributed by atoms with Gasteiger partial charge in [0.15, 0.2) is 0 Å². The van der Waals surface area contributed by atoms with Gasteiger partial charge in [0.1, 0.15) is 0 Å². The fourth-order valence-electron chi connectivity index (χ4n) is 0.879. The lowest BCUT2D eigenvalue weighted by atomic mass is 10.3. The van der Waals surface area contributed by atoms with Gasteiger partial charge in [0.25, 0.3) is 0 Å². The first kappa shape index (κ1) is 8.83. The highest BCUT2D eigenvalue weighted by atomic mass is 32.1. The summed E-state index contributed by atoms with van der Waals surface area (Å²) < 4.78 is 0. The third-order valence-electron chi connectivity index (χ3n) is 1.51. The van der Waals surface area contributed by atoms with Gasteiger partial charge < -0.3 is 5.11 Å². The topological polar surface area (TPSA) is 60.7 Å². The van der Waals surface area contributed by atoms with Crippen LogP contribution in [0.3, 0.4) is 0 Å². The van der Waals surface area contributed by atoms with Crippen LogP contribution in [-0.4, -0.2) is 4.98 Å². The second kappa shape index (κ2) is 3.97. The lowest BCUT2D eigenvalue weighted by Crippen LogP contribution is -1.86. The minimum absolute atomic E-state index is 0.0294. The van der Waals surface area contributed by atoms with Crippen molar-refractivity contribution in [2.45, 2.75) is 0 Å². The van der Waals surface area contributed by atoms with Crippen molar-refractivity contribution in [3.63, 3.8) is 0 Å². The molecule has 0 saturated heterocycles. The Morgan fingerprint density at radius 1 is 1.14 bits per heavy atom. The molecule has 0 fully saturated rings. The summed E-state index contributed by atoms with van der Waals surface area (Å²) in [4.78, 5) is 3.95. The molecule has 70 valence electrons. The van der Waals surface area contributed by atoms with Crippen LogP contribution in [0.25, 0.3) is 0 Å². The third kappa shape index (κ3) is 2.14. The summed E-state index contributed by atoms with van der Waals surface area (Å²) in [6, 6.07) is 6.16. The van der Waals surface area contributed by atoms with Gasteiger partial charge in [0, 0.05) is 11.6 Å². The maximum absolute atomic E-state index is 10.8. The summed E-state index contributed by atoms with van der Waals surface area (Å²) >= 11 is 1.41. The predicted molar refractivity (Wildman–Crippen MR) is 52.2 cm³/mol. The van der Waals surface area contributed by atoms with Crippen molar-refractivity contribution in [1.82, 2.24) is 4.98 Å². The Balaban J connectivity index is 2.15. The van der Waals surface area contributed by atoms with Crippen LogP contribution < -0.4 is 5.11 Å². The van der Waals surface area contributed by atoms with E-state index in [0.29, 0.717) is 10.8 Å². The van der Waals surface area contributed by atoms with Crippen molar-refractivity contribution in [2.24, 2.45) is 10.2 Å². The van der Waals surface area contributed by atoms with Gasteiger partial charge in [-0.1, -0.05) is 12.1 Å². The molecule has 0 radical (unpaired) electrons. The van der Waals surface area contributed by atoms with Crippen LogP contribution in [0, 0.1) is 0 Å². The van der Waals surface area contributed by atoms with Crippen molar-refractivity contribution in [3.8, 4) is 5.75 Å². The highest BCUT2D eigenvalue weighted by molar-refractivity contribution is 7.13. The van der Waals surface area contributed by atoms with Gasteiger partial charge in [-0.05, 0) is 12.1 Å². The van der Waals surface area contributed by atoms with Crippen LogP contribution in [0.4, 0.5) is 10.8 Å². The Bertz CT molecular complexity index is 422. The molecule has 0 aliphatic carbocycles. The van der Waals surface area contributed by atoms with Gasteiger partial charge in [-0.25, -0.2) is 4.98 Å². The highest BCUT2D eigenvalue weighted by Crippen LogP contribution is 2.20. The van der Waals surface area contributed by atoms with Crippen molar-refractivity contribution in [3.05, 3.63) is 35.8 Å². The third-order valence-corrected chi connectivity index (χ3v) is 2.16. The van der Waals surface area contributed by atoms with Crippen LogP contribution in [0.1, 0.15) is 0 Å². The van der Waals surface area contributed by atoms with E-state index in [9.17, 15) is 5.11 Å². The van der Waals surface area contributed by atoms with E-state index in [1.54, 1.807) is 18.3 Å². The van der Waals surface area contributed by atoms with E-state index in [2.05, 4.69) is 15.2 Å². The smallest absolute Gasteiger partial charge is 0.229 e. The summed E-state index contributed by atoms with van der Waals surface area (Å²) in [5.41, 5.74) is 0.653. The van der Waals surface area contributed by atoms with Crippen molar-refractivity contribution in [2.75, 3.05) is 0 Å². The van der Waals surface area contributed by atoms with E-state index in [4.69, 9.17) is 0 Å². The largest absolute Gasteiger partial charge is 0.872 e. The zero-order chi connectivity index (χ0) is 9.80. The quantitative estimate of drug-likeness (QED) is 0.706. The maximum Gasteiger partial charge on any atom is 0.229 e. The van der Waals surface area contributed by atoms with E-state index in [-0.39, 0.29) is 5.75 Å². The Labute approximate surface area is 84.6 Å². The molecule has 0 spiro atoms. The molecule has 0 saturated carbocycles. The zero-order valence-corrected chi connectivity index (χ0v) is 7.94. The molecule has 1 aromatic heterocycles. The predicted octanol–water partition coefficient (Wildman–Crippen LogP) is 2.63. The van der Waals surface area contributed by atoms with Crippen LogP contribution in [0.15, 0.2) is 46.1 Å². The molecule has 4 nitrogen and oxygen atoms in total. The van der Waals surface area contributed by atoms with E-state index >= 15 is 0 Å². The maximum atomic E-state index is 10.8. The number of hydrogen-bond donors (Lipinski definition) is 0. The van der Waals surface area contributed by atoms with Gasteiger partial charge in [0.05, 0.1) is 5.69 Å². The summed E-state index contributed by atoms with van der Waals surface area (Å²) in [6.07, 6.45) is 1.67. The van der Waals surface area contributed by atoms with Crippen LogP contribution >= 0.6 is 11.3 Å². The number of hydrogen-bond acceptors (Lipinski definition) is 5. The first-order chi connectivity index (χ1) is 6.84. The number of thiazole rings is 1. The number of rotatable bonds is 2. The molecular weight excluding hydrogens is 198 g/mol. The number of benzene rings is 1. The van der Waals surface area contributed by atoms with Crippen LogP contribution in [0.2, 0.25) is 0 Å². The van der Waals surface area contributed by atoms with Gasteiger partial charge in [0.2, 0.25) is 5.13 Å². The Morgan fingerprint density at radius 3 is 2.57 bits per heavy atom.